The Bertz CT molecular complexity index is 897. The van der Waals surface area contributed by atoms with Gasteiger partial charge in [0.05, 0.1) is 18.8 Å². The number of hydrogen-bond donors (Lipinski definition) is 0. The maximum absolute atomic E-state index is 12.1. The number of hydrogen-bond acceptors (Lipinski definition) is 5. The molecule has 0 saturated heterocycles. The van der Waals surface area contributed by atoms with Gasteiger partial charge in [-0.15, -0.1) is 5.10 Å². The lowest BCUT2D eigenvalue weighted by Crippen LogP contribution is -2.17. The first-order chi connectivity index (χ1) is 12.2. The molecule has 0 amide bonds. The van der Waals surface area contributed by atoms with E-state index in [9.17, 15) is 4.79 Å². The summed E-state index contributed by atoms with van der Waals surface area (Å²) in [6, 6.07) is 9.38. The minimum Gasteiger partial charge on any atom is -0.494 e. The van der Waals surface area contributed by atoms with E-state index < -0.39 is 5.76 Å². The summed E-state index contributed by atoms with van der Waals surface area (Å²) >= 11 is 0. The molecule has 0 saturated carbocycles. The summed E-state index contributed by atoms with van der Waals surface area (Å²) in [7, 11) is 0. The molecule has 7 heteroatoms. The second-order valence-electron chi connectivity index (χ2n) is 6.10. The minimum atomic E-state index is -0.477. The Labute approximate surface area is 144 Å². The van der Waals surface area contributed by atoms with Crippen molar-refractivity contribution in [2.75, 3.05) is 6.61 Å². The molecule has 25 heavy (non-hydrogen) atoms. The second kappa shape index (κ2) is 6.58. The molecule has 0 atom stereocenters. The van der Waals surface area contributed by atoms with Crippen LogP contribution in [0.5, 0.6) is 5.75 Å². The Morgan fingerprint density at radius 1 is 1.20 bits per heavy atom. The first-order valence-electron chi connectivity index (χ1n) is 8.59. The summed E-state index contributed by atoms with van der Waals surface area (Å²) in [6.07, 6.45) is 3.38. The van der Waals surface area contributed by atoms with Gasteiger partial charge in [-0.05, 0) is 56.5 Å². The van der Waals surface area contributed by atoms with Crippen molar-refractivity contribution in [1.29, 1.82) is 0 Å². The smallest absolute Gasteiger partial charge is 0.437 e. The third-order valence-corrected chi connectivity index (χ3v) is 4.30. The fraction of sp³-hybridized carbons (Fsp3) is 0.389. The van der Waals surface area contributed by atoms with Crippen LogP contribution < -0.4 is 10.5 Å². The molecule has 0 N–H and O–H groups in total. The SMILES string of the molecule is CCOc1ccc(-c2nn(Cc3cc4n(n3)CCCC4)c(=O)o2)cc1. The maximum Gasteiger partial charge on any atom is 0.437 e. The Hall–Kier alpha value is -2.83. The van der Waals surface area contributed by atoms with Crippen molar-refractivity contribution in [3.63, 3.8) is 0 Å². The topological polar surface area (TPSA) is 75.1 Å². The lowest BCUT2D eigenvalue weighted by molar-refractivity contribution is 0.340. The summed E-state index contributed by atoms with van der Waals surface area (Å²) in [6.45, 7) is 3.81. The molecule has 3 heterocycles. The standard InChI is InChI=1S/C18H20N4O3/c1-2-24-16-8-6-13(7-9-16)17-20-22(18(23)25-17)12-14-11-15-5-3-4-10-21(15)19-14/h6-9,11H,2-5,10,12H2,1H3. The molecule has 7 nitrogen and oxygen atoms in total. The van der Waals surface area contributed by atoms with E-state index in [2.05, 4.69) is 16.3 Å². The minimum absolute atomic E-state index is 0.303. The highest BCUT2D eigenvalue weighted by Crippen LogP contribution is 2.20. The third kappa shape index (κ3) is 3.22. The van der Waals surface area contributed by atoms with E-state index in [0.717, 1.165) is 36.4 Å². The van der Waals surface area contributed by atoms with Crippen molar-refractivity contribution in [1.82, 2.24) is 19.6 Å². The van der Waals surface area contributed by atoms with Crippen molar-refractivity contribution < 1.29 is 9.15 Å². The van der Waals surface area contributed by atoms with Crippen molar-refractivity contribution in [3.8, 4) is 17.2 Å². The molecule has 3 aromatic rings. The molecule has 4 rings (SSSR count). The zero-order chi connectivity index (χ0) is 17.2. The van der Waals surface area contributed by atoms with Crippen LogP contribution in [-0.2, 0) is 19.5 Å². The van der Waals surface area contributed by atoms with E-state index in [1.54, 1.807) is 0 Å². The summed E-state index contributed by atoms with van der Waals surface area (Å²) < 4.78 is 14.1. The quantitative estimate of drug-likeness (QED) is 0.713. The van der Waals surface area contributed by atoms with E-state index in [4.69, 9.17) is 9.15 Å². The summed E-state index contributed by atoms with van der Waals surface area (Å²) in [5.74, 6) is 0.600. The van der Waals surface area contributed by atoms with Gasteiger partial charge in [0.2, 0.25) is 5.89 Å². The van der Waals surface area contributed by atoms with Crippen LogP contribution in [0.3, 0.4) is 0 Å². The van der Waals surface area contributed by atoms with Crippen LogP contribution in [0.15, 0.2) is 39.5 Å². The van der Waals surface area contributed by atoms with Gasteiger partial charge in [0.1, 0.15) is 5.75 Å². The average molecular weight is 340 g/mol. The van der Waals surface area contributed by atoms with E-state index in [-0.39, 0.29) is 0 Å². The Kier molecular flexibility index (Phi) is 4.13. The summed E-state index contributed by atoms with van der Waals surface area (Å²) in [5.41, 5.74) is 2.80. The van der Waals surface area contributed by atoms with E-state index in [1.165, 1.54) is 16.8 Å². The van der Waals surface area contributed by atoms with Gasteiger partial charge in [-0.25, -0.2) is 4.79 Å². The van der Waals surface area contributed by atoms with Crippen molar-refractivity contribution in [3.05, 3.63) is 52.3 Å². The van der Waals surface area contributed by atoms with Crippen LogP contribution in [0.25, 0.3) is 11.5 Å². The van der Waals surface area contributed by atoms with Crippen LogP contribution in [0.4, 0.5) is 0 Å². The van der Waals surface area contributed by atoms with Crippen molar-refractivity contribution in [2.45, 2.75) is 39.3 Å². The van der Waals surface area contributed by atoms with Crippen LogP contribution in [0.1, 0.15) is 31.2 Å². The van der Waals surface area contributed by atoms with E-state index in [1.807, 2.05) is 35.9 Å². The lowest BCUT2D eigenvalue weighted by atomic mass is 10.1. The van der Waals surface area contributed by atoms with Crippen LogP contribution in [0, 0.1) is 0 Å². The van der Waals surface area contributed by atoms with Gasteiger partial charge < -0.3 is 9.15 Å². The number of nitrogens with zero attached hydrogens (tertiary/aromatic N) is 4. The highest BCUT2D eigenvalue weighted by molar-refractivity contribution is 5.53. The molecule has 2 aromatic heterocycles. The summed E-state index contributed by atoms with van der Waals surface area (Å²) in [4.78, 5) is 12.1. The number of rotatable bonds is 5. The number of aryl methyl sites for hydroxylation is 2. The number of fused-ring (bicyclic) bond motifs is 1. The predicted molar refractivity (Wildman–Crippen MR) is 91.6 cm³/mol. The van der Waals surface area contributed by atoms with Gasteiger partial charge >= 0.3 is 5.76 Å². The molecule has 0 spiro atoms. The van der Waals surface area contributed by atoms with Crippen molar-refractivity contribution >= 4 is 0 Å². The van der Waals surface area contributed by atoms with Gasteiger partial charge in [-0.3, -0.25) is 4.68 Å². The van der Waals surface area contributed by atoms with Gasteiger partial charge in [-0.1, -0.05) is 0 Å². The Morgan fingerprint density at radius 3 is 2.80 bits per heavy atom. The lowest BCUT2D eigenvalue weighted by Gasteiger charge is -2.11. The molecule has 1 aromatic carbocycles. The number of ether oxygens (including phenoxy) is 1. The molecule has 130 valence electrons. The molecular weight excluding hydrogens is 320 g/mol. The number of aromatic nitrogens is 4. The normalized spacial score (nSPS) is 13.6. The first-order valence-corrected chi connectivity index (χ1v) is 8.59. The molecule has 1 aliphatic heterocycles. The van der Waals surface area contributed by atoms with Gasteiger partial charge in [0.15, 0.2) is 0 Å². The molecular formula is C18H20N4O3. The van der Waals surface area contributed by atoms with Crippen LogP contribution in [-0.4, -0.2) is 26.2 Å². The molecule has 0 aliphatic carbocycles. The predicted octanol–water partition coefficient (Wildman–Crippen LogP) is 2.48. The zero-order valence-corrected chi connectivity index (χ0v) is 14.1. The monoisotopic (exact) mass is 340 g/mol. The molecule has 0 fully saturated rings. The second-order valence-corrected chi connectivity index (χ2v) is 6.10. The Balaban J connectivity index is 1.55. The average Bonchev–Trinajstić information content (AvgIpc) is 3.19. The van der Waals surface area contributed by atoms with Gasteiger partial charge in [-0.2, -0.15) is 9.78 Å². The van der Waals surface area contributed by atoms with Crippen LogP contribution >= 0.6 is 0 Å². The highest BCUT2D eigenvalue weighted by Gasteiger charge is 2.15. The maximum atomic E-state index is 12.1. The van der Waals surface area contributed by atoms with Gasteiger partial charge in [0.25, 0.3) is 0 Å². The van der Waals surface area contributed by atoms with Gasteiger partial charge in [0, 0.05) is 17.8 Å². The van der Waals surface area contributed by atoms with Crippen LogP contribution in [0.2, 0.25) is 0 Å². The largest absolute Gasteiger partial charge is 0.494 e. The molecule has 0 bridgehead atoms. The highest BCUT2D eigenvalue weighted by atomic mass is 16.5. The molecule has 0 unspecified atom stereocenters. The Morgan fingerprint density at radius 2 is 2.04 bits per heavy atom. The zero-order valence-electron chi connectivity index (χ0n) is 14.1. The first kappa shape index (κ1) is 15.7. The molecule has 0 radical (unpaired) electrons. The van der Waals surface area contributed by atoms with E-state index >= 15 is 0 Å². The number of benzene rings is 1. The fourth-order valence-electron chi connectivity index (χ4n) is 3.09. The fourth-order valence-corrected chi connectivity index (χ4v) is 3.09. The molecule has 1 aliphatic rings. The third-order valence-electron chi connectivity index (χ3n) is 4.30. The van der Waals surface area contributed by atoms with E-state index in [0.29, 0.717) is 19.0 Å². The van der Waals surface area contributed by atoms with Crippen molar-refractivity contribution in [2.24, 2.45) is 0 Å². The summed E-state index contributed by atoms with van der Waals surface area (Å²) in [5, 5.41) is 8.86.